The third-order valence-corrected chi connectivity index (χ3v) is 5.72. The van der Waals surface area contributed by atoms with Crippen LogP contribution in [0.2, 0.25) is 0 Å². The molecule has 35 heavy (non-hydrogen) atoms. The van der Waals surface area contributed by atoms with E-state index in [0.29, 0.717) is 36.0 Å². The van der Waals surface area contributed by atoms with Gasteiger partial charge in [0, 0.05) is 31.8 Å². The van der Waals surface area contributed by atoms with Gasteiger partial charge in [-0.1, -0.05) is 54.6 Å². The molecule has 8 nitrogen and oxygen atoms in total. The number of para-hydroxylation sites is 2. The maximum Gasteiger partial charge on any atom is 0.259 e. The Morgan fingerprint density at radius 2 is 1.51 bits per heavy atom. The first-order chi connectivity index (χ1) is 17.0. The summed E-state index contributed by atoms with van der Waals surface area (Å²) in [5.41, 5.74) is 3.91. The van der Waals surface area contributed by atoms with Crippen molar-refractivity contribution in [2.24, 2.45) is 0 Å². The summed E-state index contributed by atoms with van der Waals surface area (Å²) in [5.74, 6) is 1.17. The Morgan fingerprint density at radius 3 is 2.20 bits per heavy atom. The first-order valence-electron chi connectivity index (χ1n) is 10.9. The number of nitrogens with one attached hydrogen (secondary N) is 2. The minimum atomic E-state index is -2.20. The lowest BCUT2D eigenvalue weighted by Crippen LogP contribution is -2.13. The molecule has 4 rings (SSSR count). The van der Waals surface area contributed by atoms with E-state index in [-0.39, 0.29) is 5.78 Å². The summed E-state index contributed by atoms with van der Waals surface area (Å²) in [5, 5.41) is 3.08. The van der Waals surface area contributed by atoms with E-state index in [0.717, 1.165) is 16.8 Å². The molecule has 0 saturated heterocycles. The number of hydrogen-bond donors (Lipinski definition) is 3. The highest BCUT2D eigenvalue weighted by molar-refractivity contribution is 7.80. The van der Waals surface area contributed by atoms with E-state index in [4.69, 9.17) is 4.55 Å². The largest absolute Gasteiger partial charge is 0.329 e. The number of anilines is 5. The number of hydrogen-bond acceptors (Lipinski definition) is 6. The summed E-state index contributed by atoms with van der Waals surface area (Å²) >= 11 is -2.20. The van der Waals surface area contributed by atoms with E-state index in [9.17, 15) is 9.00 Å². The first-order valence-corrected chi connectivity index (χ1v) is 12.0. The van der Waals surface area contributed by atoms with Crippen molar-refractivity contribution in [3.63, 3.8) is 0 Å². The predicted molar refractivity (Wildman–Crippen MR) is 140 cm³/mol. The normalized spacial score (nSPS) is 11.5. The Balaban J connectivity index is 1.42. The van der Waals surface area contributed by atoms with Gasteiger partial charge in [0.1, 0.15) is 11.6 Å². The van der Waals surface area contributed by atoms with Crippen molar-refractivity contribution < 1.29 is 13.6 Å². The van der Waals surface area contributed by atoms with Crippen LogP contribution in [0, 0.1) is 0 Å². The van der Waals surface area contributed by atoms with E-state index >= 15 is 0 Å². The Hall–Kier alpha value is -4.08. The van der Waals surface area contributed by atoms with E-state index in [2.05, 4.69) is 20.0 Å². The van der Waals surface area contributed by atoms with Gasteiger partial charge in [0.2, 0.25) is 5.95 Å². The minimum absolute atomic E-state index is 0.170. The fraction of sp³-hybridized carbons (Fsp3) is 0.115. The van der Waals surface area contributed by atoms with Crippen molar-refractivity contribution in [3.05, 3.63) is 102 Å². The number of carbonyl (C=O) groups is 1. The van der Waals surface area contributed by atoms with Crippen LogP contribution in [-0.2, 0) is 28.9 Å². The van der Waals surface area contributed by atoms with Gasteiger partial charge in [0.25, 0.3) is 11.3 Å². The molecule has 1 atom stereocenters. The Labute approximate surface area is 206 Å². The molecule has 3 N–H and O–H groups in total. The maximum atomic E-state index is 12.4. The highest BCUT2D eigenvalue weighted by Crippen LogP contribution is 2.26. The van der Waals surface area contributed by atoms with E-state index < -0.39 is 11.3 Å². The molecule has 1 aromatic heterocycles. The van der Waals surface area contributed by atoms with Gasteiger partial charge in [0.05, 0.1) is 11.4 Å². The third kappa shape index (κ3) is 6.72. The van der Waals surface area contributed by atoms with Crippen LogP contribution in [0.15, 0.2) is 91.1 Å². The quantitative estimate of drug-likeness (QED) is 0.273. The first kappa shape index (κ1) is 24.1. The summed E-state index contributed by atoms with van der Waals surface area (Å²) in [6.07, 6.45) is 2.44. The van der Waals surface area contributed by atoms with Crippen molar-refractivity contribution in [3.8, 4) is 0 Å². The summed E-state index contributed by atoms with van der Waals surface area (Å²) in [4.78, 5) is 23.2. The second kappa shape index (κ2) is 11.4. The number of aromatic nitrogens is 2. The van der Waals surface area contributed by atoms with Gasteiger partial charge in [-0.05, 0) is 41.5 Å². The Kier molecular flexibility index (Phi) is 7.81. The summed E-state index contributed by atoms with van der Waals surface area (Å²) in [6, 6.07) is 26.3. The molecular formula is C26H25N5O3S. The van der Waals surface area contributed by atoms with Crippen molar-refractivity contribution in [1.29, 1.82) is 0 Å². The lowest BCUT2D eigenvalue weighted by Gasteiger charge is -2.19. The smallest absolute Gasteiger partial charge is 0.259 e. The van der Waals surface area contributed by atoms with Crippen molar-refractivity contribution in [1.82, 2.24) is 9.97 Å². The van der Waals surface area contributed by atoms with Crippen LogP contribution >= 0.6 is 0 Å². The van der Waals surface area contributed by atoms with Crippen LogP contribution in [0.3, 0.4) is 0 Å². The van der Waals surface area contributed by atoms with Gasteiger partial charge < -0.3 is 10.2 Å². The lowest BCUT2D eigenvalue weighted by molar-refractivity contribution is -0.117. The molecule has 0 bridgehead atoms. The Morgan fingerprint density at radius 1 is 0.886 bits per heavy atom. The molecule has 0 aliphatic carbocycles. The predicted octanol–water partition coefficient (Wildman–Crippen LogP) is 4.89. The average molecular weight is 488 g/mol. The molecule has 0 spiro atoms. The SMILES string of the molecule is CN(c1ccc(CC(=O)Cc2ccccc2)cc1)c1ccnc(Nc2ccccc2NS(=O)O)n1. The highest BCUT2D eigenvalue weighted by atomic mass is 32.2. The molecule has 0 saturated carbocycles. The van der Waals surface area contributed by atoms with Gasteiger partial charge in [-0.2, -0.15) is 4.98 Å². The standard InChI is InChI=1S/C26H25N5O3S/c1-31(21-13-11-20(12-14-21)18-22(32)17-19-7-3-2-4-8-19)25-15-16-27-26(29-25)28-23-9-5-6-10-24(23)30-35(33)34/h2-16,30H,17-18H2,1H3,(H,33,34)(H,27,28,29). The van der Waals surface area contributed by atoms with Crippen LogP contribution in [-0.4, -0.2) is 31.6 Å². The second-order valence-electron chi connectivity index (χ2n) is 7.86. The molecule has 9 heteroatoms. The molecule has 0 radical (unpaired) electrons. The molecule has 0 fully saturated rings. The highest BCUT2D eigenvalue weighted by Gasteiger charge is 2.11. The van der Waals surface area contributed by atoms with Gasteiger partial charge in [-0.3, -0.25) is 14.1 Å². The zero-order chi connectivity index (χ0) is 24.6. The van der Waals surface area contributed by atoms with E-state index in [1.165, 1.54) is 0 Å². The summed E-state index contributed by atoms with van der Waals surface area (Å²) in [7, 11) is 1.89. The van der Waals surface area contributed by atoms with Gasteiger partial charge >= 0.3 is 0 Å². The van der Waals surface area contributed by atoms with Crippen molar-refractivity contribution in [2.75, 3.05) is 22.0 Å². The molecular weight excluding hydrogens is 462 g/mol. The van der Waals surface area contributed by atoms with Crippen LogP contribution in [0.25, 0.3) is 0 Å². The van der Waals surface area contributed by atoms with Gasteiger partial charge in [0.15, 0.2) is 0 Å². The minimum Gasteiger partial charge on any atom is -0.329 e. The zero-order valence-corrected chi connectivity index (χ0v) is 19.9. The maximum absolute atomic E-state index is 12.4. The fourth-order valence-electron chi connectivity index (χ4n) is 3.58. The van der Waals surface area contributed by atoms with Crippen LogP contribution in [0.4, 0.5) is 28.8 Å². The molecule has 4 aromatic rings. The summed E-state index contributed by atoms with van der Waals surface area (Å²) in [6.45, 7) is 0. The monoisotopic (exact) mass is 487 g/mol. The van der Waals surface area contributed by atoms with Gasteiger partial charge in [-0.15, -0.1) is 0 Å². The topological polar surface area (TPSA) is 107 Å². The second-order valence-corrected chi connectivity index (χ2v) is 8.57. The lowest BCUT2D eigenvalue weighted by atomic mass is 10.0. The van der Waals surface area contributed by atoms with E-state index in [1.807, 2.05) is 66.5 Å². The number of nitrogens with zero attached hydrogens (tertiary/aromatic N) is 3. The fourth-order valence-corrected chi connectivity index (χ4v) is 3.94. The number of carbonyl (C=O) groups excluding carboxylic acids is 1. The van der Waals surface area contributed by atoms with E-state index in [1.54, 1.807) is 36.5 Å². The van der Waals surface area contributed by atoms with Gasteiger partial charge in [-0.25, -0.2) is 9.19 Å². The average Bonchev–Trinajstić information content (AvgIpc) is 2.86. The van der Waals surface area contributed by atoms with Crippen LogP contribution in [0.1, 0.15) is 11.1 Å². The molecule has 178 valence electrons. The number of benzene rings is 3. The number of ketones is 1. The molecule has 0 aliphatic rings. The summed E-state index contributed by atoms with van der Waals surface area (Å²) < 4.78 is 22.8. The molecule has 1 unspecified atom stereocenters. The van der Waals surface area contributed by atoms with Crippen molar-refractivity contribution >= 4 is 45.9 Å². The third-order valence-electron chi connectivity index (χ3n) is 5.32. The molecule has 3 aromatic carbocycles. The number of Topliss-reactive ketones (excluding diaryl/α,β-unsaturated/α-hetero) is 1. The number of rotatable bonds is 10. The van der Waals surface area contributed by atoms with Crippen molar-refractivity contribution in [2.45, 2.75) is 12.8 Å². The van der Waals surface area contributed by atoms with Crippen LogP contribution < -0.4 is 14.9 Å². The molecule has 0 aliphatic heterocycles. The molecule has 1 heterocycles. The zero-order valence-electron chi connectivity index (χ0n) is 19.1. The van der Waals surface area contributed by atoms with Crippen LogP contribution in [0.5, 0.6) is 0 Å². The molecule has 0 amide bonds. The Bertz CT molecular complexity index is 1320.